The first kappa shape index (κ1) is 38.0. The number of aromatic nitrogens is 4. The van der Waals surface area contributed by atoms with Gasteiger partial charge in [-0.25, -0.2) is 13.4 Å². The number of nitrogens with zero attached hydrogens (tertiary/aromatic N) is 5. The van der Waals surface area contributed by atoms with Crippen LogP contribution in [0.15, 0.2) is 21.8 Å². The maximum atomic E-state index is 14.3. The van der Waals surface area contributed by atoms with Crippen LogP contribution in [-0.2, 0) is 29.9 Å². The predicted octanol–water partition coefficient (Wildman–Crippen LogP) is 7.24. The molecule has 0 amide bonds. The van der Waals surface area contributed by atoms with Crippen molar-refractivity contribution in [2.75, 3.05) is 39.8 Å². The van der Waals surface area contributed by atoms with Crippen LogP contribution in [0.4, 0.5) is 0 Å². The fourth-order valence-electron chi connectivity index (χ4n) is 6.89. The van der Waals surface area contributed by atoms with E-state index in [9.17, 15) is 13.2 Å². The van der Waals surface area contributed by atoms with E-state index < -0.39 is 10.0 Å². The van der Waals surface area contributed by atoms with Gasteiger partial charge in [0.25, 0.3) is 5.56 Å². The molecular weight excluding hydrogens is 625 g/mol. The number of H-pyrrole nitrogens is 1. The number of likely N-dealkylation sites (N-methyl/N-ethyl adjacent to an activating group) is 1. The average molecular weight is 685 g/mol. The van der Waals surface area contributed by atoms with Crippen LogP contribution in [0.1, 0.15) is 122 Å². The van der Waals surface area contributed by atoms with E-state index in [2.05, 4.69) is 28.8 Å². The van der Waals surface area contributed by atoms with Gasteiger partial charge >= 0.3 is 0 Å². The minimum absolute atomic E-state index is 0.284. The Morgan fingerprint density at radius 1 is 0.792 bits per heavy atom. The second kappa shape index (κ2) is 18.9. The minimum Gasteiger partial charge on any atom is -0.493 e. The number of benzene rings is 1. The number of unbranched alkanes of at least 4 members (excludes halogenated alkanes) is 12. The molecule has 0 spiro atoms. The molecule has 0 bridgehead atoms. The normalized spacial score (nSPS) is 14.7. The lowest BCUT2D eigenvalue weighted by atomic mass is 9.98. The zero-order valence-corrected chi connectivity index (χ0v) is 31.1. The molecule has 0 unspecified atom stereocenters. The molecule has 1 aliphatic rings. The largest absolute Gasteiger partial charge is 0.493 e. The van der Waals surface area contributed by atoms with Crippen molar-refractivity contribution in [2.45, 2.75) is 128 Å². The summed E-state index contributed by atoms with van der Waals surface area (Å²) in [6, 6.07) is 3.43. The lowest BCUT2D eigenvalue weighted by molar-refractivity contribution is 0.222. The lowest BCUT2D eigenvalue weighted by Crippen LogP contribution is -2.47. The second-order valence-corrected chi connectivity index (χ2v) is 15.4. The molecule has 1 aliphatic heterocycles. The van der Waals surface area contributed by atoms with Crippen molar-refractivity contribution in [3.63, 3.8) is 0 Å². The molecule has 1 fully saturated rings. The maximum absolute atomic E-state index is 14.3. The van der Waals surface area contributed by atoms with Gasteiger partial charge < -0.3 is 14.6 Å². The van der Waals surface area contributed by atoms with Crippen molar-refractivity contribution < 1.29 is 13.2 Å². The number of nitrogens with one attached hydrogen (secondary N) is 1. The van der Waals surface area contributed by atoms with Gasteiger partial charge in [0, 0.05) is 33.2 Å². The summed E-state index contributed by atoms with van der Waals surface area (Å²) in [5.74, 6) is 0.865. The third kappa shape index (κ3) is 9.69. The number of aromatic amines is 1. The molecule has 268 valence electrons. The van der Waals surface area contributed by atoms with E-state index in [-0.39, 0.29) is 10.5 Å². The fourth-order valence-corrected chi connectivity index (χ4v) is 8.57. The van der Waals surface area contributed by atoms with E-state index >= 15 is 0 Å². The van der Waals surface area contributed by atoms with Crippen LogP contribution in [-0.4, -0.2) is 77.2 Å². The zero-order valence-electron chi connectivity index (χ0n) is 30.3. The lowest BCUT2D eigenvalue weighted by Gasteiger charge is -2.32. The first-order chi connectivity index (χ1) is 23.2. The van der Waals surface area contributed by atoms with Crippen LogP contribution < -0.4 is 10.3 Å². The summed E-state index contributed by atoms with van der Waals surface area (Å²) < 4.78 is 37.9. The average Bonchev–Trinajstić information content (AvgIpc) is 3.38. The Morgan fingerprint density at radius 2 is 1.40 bits per heavy atom. The quantitative estimate of drug-likeness (QED) is 0.118. The van der Waals surface area contributed by atoms with Crippen LogP contribution in [0.3, 0.4) is 0 Å². The molecule has 10 nitrogen and oxygen atoms in total. The smallest absolute Gasteiger partial charge is 0.277 e. The molecule has 11 heteroatoms. The van der Waals surface area contributed by atoms with Gasteiger partial charge in [0.1, 0.15) is 17.1 Å². The van der Waals surface area contributed by atoms with Gasteiger partial charge in [-0.15, -0.1) is 0 Å². The fraction of sp³-hybridized carbons (Fsp3) is 0.703. The first-order valence-corrected chi connectivity index (χ1v) is 20.1. The molecule has 1 aromatic carbocycles. The van der Waals surface area contributed by atoms with Gasteiger partial charge in [-0.1, -0.05) is 97.3 Å². The molecule has 3 heterocycles. The Bertz CT molecular complexity index is 1610. The Labute approximate surface area is 288 Å². The molecule has 0 saturated carbocycles. The highest BCUT2D eigenvalue weighted by atomic mass is 32.2. The summed E-state index contributed by atoms with van der Waals surface area (Å²) in [5, 5.41) is 4.59. The SMILES string of the molecule is CCCCCCCCCCCCCCCc1c(S(=O)(=O)N2CCN(C)CC2)ccc(OCC)c1-c1nc2c(CCC)nn(C)c2c(=O)[nH]1. The first-order valence-electron chi connectivity index (χ1n) is 18.7. The number of ether oxygens (including phenoxy) is 1. The monoisotopic (exact) mass is 684 g/mol. The van der Waals surface area contributed by atoms with Crippen molar-refractivity contribution >= 4 is 21.1 Å². The third-order valence-corrected chi connectivity index (χ3v) is 11.6. The van der Waals surface area contributed by atoms with Gasteiger partial charge in [-0.05, 0) is 50.9 Å². The summed E-state index contributed by atoms with van der Waals surface area (Å²) in [6.07, 6.45) is 18.2. The number of fused-ring (bicyclic) bond motifs is 1. The van der Waals surface area contributed by atoms with Gasteiger partial charge in [-0.3, -0.25) is 9.48 Å². The number of aryl methyl sites for hydroxylation is 2. The van der Waals surface area contributed by atoms with E-state index in [0.717, 1.165) is 31.4 Å². The Hall–Kier alpha value is -2.76. The number of rotatable bonds is 21. The van der Waals surface area contributed by atoms with Gasteiger partial charge in [-0.2, -0.15) is 9.40 Å². The van der Waals surface area contributed by atoms with E-state index in [0.29, 0.717) is 79.4 Å². The molecular formula is C37H60N6O4S. The number of hydrogen-bond acceptors (Lipinski definition) is 7. The summed E-state index contributed by atoms with van der Waals surface area (Å²) >= 11 is 0. The van der Waals surface area contributed by atoms with Crippen LogP contribution in [0.25, 0.3) is 22.4 Å². The minimum atomic E-state index is -3.80. The summed E-state index contributed by atoms with van der Waals surface area (Å²) in [4.78, 5) is 23.9. The van der Waals surface area contributed by atoms with Crippen molar-refractivity contribution in [3.8, 4) is 17.1 Å². The molecule has 0 radical (unpaired) electrons. The van der Waals surface area contributed by atoms with Gasteiger partial charge in [0.05, 0.1) is 22.8 Å². The Kier molecular flexibility index (Phi) is 14.9. The highest BCUT2D eigenvalue weighted by molar-refractivity contribution is 7.89. The highest BCUT2D eigenvalue weighted by Gasteiger charge is 2.32. The number of sulfonamides is 1. The van der Waals surface area contributed by atoms with Crippen molar-refractivity contribution in [1.29, 1.82) is 0 Å². The topological polar surface area (TPSA) is 113 Å². The molecule has 2 aromatic heterocycles. The van der Waals surface area contributed by atoms with Crippen molar-refractivity contribution in [3.05, 3.63) is 33.7 Å². The number of hydrogen-bond donors (Lipinski definition) is 1. The molecule has 4 rings (SSSR count). The molecule has 0 aliphatic carbocycles. The maximum Gasteiger partial charge on any atom is 0.277 e. The Morgan fingerprint density at radius 3 is 1.98 bits per heavy atom. The number of piperazine rings is 1. The van der Waals surface area contributed by atoms with Gasteiger partial charge in [0.2, 0.25) is 10.0 Å². The van der Waals surface area contributed by atoms with Crippen LogP contribution in [0, 0.1) is 0 Å². The van der Waals surface area contributed by atoms with E-state index in [1.54, 1.807) is 28.2 Å². The summed E-state index contributed by atoms with van der Waals surface area (Å²) in [7, 11) is -0.0234. The molecule has 1 N–H and O–H groups in total. The van der Waals surface area contributed by atoms with Crippen molar-refractivity contribution in [1.82, 2.24) is 29.0 Å². The third-order valence-electron chi connectivity index (χ3n) is 9.63. The van der Waals surface area contributed by atoms with Crippen molar-refractivity contribution in [2.24, 2.45) is 7.05 Å². The van der Waals surface area contributed by atoms with Gasteiger partial charge in [0.15, 0.2) is 5.52 Å². The Balaban J connectivity index is 1.61. The molecule has 48 heavy (non-hydrogen) atoms. The summed E-state index contributed by atoms with van der Waals surface area (Å²) in [6.45, 7) is 8.89. The standard InChI is InChI=1S/C37H60N6O4S/c1-6-9-10-11-12-13-14-15-16-17-18-19-20-22-29-32(48(45,46)43-27-25-41(4)26-28-43)24-23-31(47-8-3)33(29)36-38-34-30(21-7-2)40-42(5)35(34)37(44)39-36/h23-24H,6-22,25-28H2,1-5H3,(H,38,39,44). The van der Waals surface area contributed by atoms with E-state index in [1.807, 2.05) is 14.0 Å². The summed E-state index contributed by atoms with van der Waals surface area (Å²) in [5.41, 5.74) is 2.68. The van der Waals surface area contributed by atoms with Crippen LogP contribution in [0.2, 0.25) is 0 Å². The molecule has 1 saturated heterocycles. The van der Waals surface area contributed by atoms with Crippen LogP contribution in [0.5, 0.6) is 5.75 Å². The van der Waals surface area contributed by atoms with E-state index in [4.69, 9.17) is 9.72 Å². The van der Waals surface area contributed by atoms with E-state index in [1.165, 1.54) is 64.2 Å². The predicted molar refractivity (Wildman–Crippen MR) is 195 cm³/mol. The molecule has 0 atom stereocenters. The van der Waals surface area contributed by atoms with Crippen LogP contribution >= 0.6 is 0 Å². The molecule has 3 aromatic rings. The highest BCUT2D eigenvalue weighted by Crippen LogP contribution is 2.38. The zero-order chi connectivity index (χ0) is 34.5. The second-order valence-electron chi connectivity index (χ2n) is 13.5.